The third kappa shape index (κ3) is 2.92. The first kappa shape index (κ1) is 13.1. The standard InChI is InChI=1S/C14H13BrN2S/c1-9-3-5-11(6-4-9)17-13(8-16)14-7-12(15)10(2)18-14/h3-7,13,17H,1-2H3. The van der Waals surface area contributed by atoms with Crippen molar-refractivity contribution >= 4 is 33.0 Å². The van der Waals surface area contributed by atoms with Gasteiger partial charge in [-0.1, -0.05) is 17.7 Å². The molecular weight excluding hydrogens is 308 g/mol. The maximum absolute atomic E-state index is 9.27. The molecule has 2 aromatic rings. The number of hydrogen-bond donors (Lipinski definition) is 1. The van der Waals surface area contributed by atoms with Gasteiger partial charge >= 0.3 is 0 Å². The molecule has 0 saturated heterocycles. The monoisotopic (exact) mass is 320 g/mol. The Morgan fingerprint density at radius 1 is 1.28 bits per heavy atom. The van der Waals surface area contributed by atoms with Crippen molar-refractivity contribution in [3.05, 3.63) is 50.1 Å². The largest absolute Gasteiger partial charge is 0.366 e. The molecule has 0 aliphatic carbocycles. The van der Waals surface area contributed by atoms with Crippen LogP contribution in [-0.2, 0) is 0 Å². The lowest BCUT2D eigenvalue weighted by molar-refractivity contribution is 1.03. The Morgan fingerprint density at radius 3 is 2.44 bits per heavy atom. The highest BCUT2D eigenvalue weighted by Crippen LogP contribution is 2.32. The van der Waals surface area contributed by atoms with Crippen LogP contribution < -0.4 is 5.32 Å². The summed E-state index contributed by atoms with van der Waals surface area (Å²) in [7, 11) is 0. The van der Waals surface area contributed by atoms with Gasteiger partial charge in [0.15, 0.2) is 0 Å². The van der Waals surface area contributed by atoms with Gasteiger partial charge in [-0.3, -0.25) is 0 Å². The van der Waals surface area contributed by atoms with Gasteiger partial charge in [-0.25, -0.2) is 0 Å². The number of nitriles is 1. The van der Waals surface area contributed by atoms with E-state index in [1.165, 1.54) is 10.4 Å². The van der Waals surface area contributed by atoms with Gasteiger partial charge in [0.1, 0.15) is 6.04 Å². The molecule has 1 aromatic carbocycles. The Bertz CT molecular complexity index is 561. The molecule has 0 aliphatic heterocycles. The summed E-state index contributed by atoms with van der Waals surface area (Å²) in [5.41, 5.74) is 2.18. The number of aryl methyl sites for hydroxylation is 2. The molecular formula is C14H13BrN2S. The van der Waals surface area contributed by atoms with Crippen molar-refractivity contribution in [3.8, 4) is 6.07 Å². The molecule has 0 aliphatic rings. The Morgan fingerprint density at radius 2 is 1.94 bits per heavy atom. The number of rotatable bonds is 3. The van der Waals surface area contributed by atoms with Crippen LogP contribution in [0.5, 0.6) is 0 Å². The maximum atomic E-state index is 9.27. The van der Waals surface area contributed by atoms with Crippen LogP contribution in [0, 0.1) is 25.2 Å². The van der Waals surface area contributed by atoms with Crippen molar-refractivity contribution < 1.29 is 0 Å². The number of halogens is 1. The van der Waals surface area contributed by atoms with Crippen molar-refractivity contribution in [2.45, 2.75) is 19.9 Å². The molecule has 0 fully saturated rings. The minimum atomic E-state index is -0.303. The van der Waals surface area contributed by atoms with E-state index in [0.29, 0.717) is 0 Å². The van der Waals surface area contributed by atoms with E-state index >= 15 is 0 Å². The summed E-state index contributed by atoms with van der Waals surface area (Å²) in [6.45, 7) is 4.09. The van der Waals surface area contributed by atoms with E-state index in [4.69, 9.17) is 0 Å². The van der Waals surface area contributed by atoms with Crippen molar-refractivity contribution in [3.63, 3.8) is 0 Å². The molecule has 0 saturated carbocycles. The molecule has 0 spiro atoms. The second-order valence-electron chi connectivity index (χ2n) is 4.13. The van der Waals surface area contributed by atoms with Crippen LogP contribution in [-0.4, -0.2) is 0 Å². The fourth-order valence-corrected chi connectivity index (χ4v) is 3.16. The zero-order valence-electron chi connectivity index (χ0n) is 10.2. The topological polar surface area (TPSA) is 35.8 Å². The molecule has 18 heavy (non-hydrogen) atoms. The van der Waals surface area contributed by atoms with E-state index in [1.54, 1.807) is 11.3 Å². The van der Waals surface area contributed by atoms with Crippen molar-refractivity contribution in [1.29, 1.82) is 5.26 Å². The van der Waals surface area contributed by atoms with Crippen molar-refractivity contribution in [2.24, 2.45) is 0 Å². The number of hydrogen-bond acceptors (Lipinski definition) is 3. The molecule has 2 nitrogen and oxygen atoms in total. The summed E-state index contributed by atoms with van der Waals surface area (Å²) in [4.78, 5) is 2.22. The lowest BCUT2D eigenvalue weighted by Gasteiger charge is -2.11. The molecule has 0 amide bonds. The van der Waals surface area contributed by atoms with Gasteiger partial charge in [-0.05, 0) is 48.0 Å². The minimum absolute atomic E-state index is 0.303. The lowest BCUT2D eigenvalue weighted by Crippen LogP contribution is -2.06. The lowest BCUT2D eigenvalue weighted by atomic mass is 10.2. The Labute approximate surface area is 119 Å². The molecule has 92 valence electrons. The second kappa shape index (κ2) is 5.55. The number of anilines is 1. The van der Waals surface area contributed by atoms with Gasteiger partial charge in [0.2, 0.25) is 0 Å². The third-order valence-corrected chi connectivity index (χ3v) is 4.85. The van der Waals surface area contributed by atoms with Crippen LogP contribution in [0.15, 0.2) is 34.8 Å². The van der Waals surface area contributed by atoms with E-state index in [-0.39, 0.29) is 6.04 Å². The predicted molar refractivity (Wildman–Crippen MR) is 79.9 cm³/mol. The minimum Gasteiger partial charge on any atom is -0.366 e. The first-order valence-corrected chi connectivity index (χ1v) is 7.20. The van der Waals surface area contributed by atoms with Gasteiger partial charge in [-0.2, -0.15) is 5.26 Å². The summed E-state index contributed by atoms with van der Waals surface area (Å²) in [6.07, 6.45) is 0. The van der Waals surface area contributed by atoms with Gasteiger partial charge in [-0.15, -0.1) is 11.3 Å². The van der Waals surface area contributed by atoms with E-state index in [1.807, 2.05) is 44.2 Å². The number of nitrogens with zero attached hydrogens (tertiary/aromatic N) is 1. The molecule has 1 unspecified atom stereocenters. The fraction of sp³-hybridized carbons (Fsp3) is 0.214. The van der Waals surface area contributed by atoms with Crippen molar-refractivity contribution in [2.75, 3.05) is 5.32 Å². The Balaban J connectivity index is 2.20. The normalized spacial score (nSPS) is 11.9. The highest BCUT2D eigenvalue weighted by molar-refractivity contribution is 9.10. The van der Waals surface area contributed by atoms with Crippen LogP contribution in [0.25, 0.3) is 0 Å². The van der Waals surface area contributed by atoms with Crippen LogP contribution >= 0.6 is 27.3 Å². The zero-order valence-corrected chi connectivity index (χ0v) is 12.6. The summed E-state index contributed by atoms with van der Waals surface area (Å²) in [6, 6.07) is 12.1. The van der Waals surface area contributed by atoms with E-state index < -0.39 is 0 Å². The third-order valence-electron chi connectivity index (χ3n) is 2.65. The smallest absolute Gasteiger partial charge is 0.149 e. The van der Waals surface area contributed by atoms with Crippen molar-refractivity contribution in [1.82, 2.24) is 0 Å². The molecule has 1 heterocycles. The van der Waals surface area contributed by atoms with Crippen LogP contribution in [0.2, 0.25) is 0 Å². The maximum Gasteiger partial charge on any atom is 0.149 e. The Hall–Kier alpha value is -1.31. The highest BCUT2D eigenvalue weighted by Gasteiger charge is 2.14. The van der Waals surface area contributed by atoms with Gasteiger partial charge in [0.25, 0.3) is 0 Å². The fourth-order valence-electron chi connectivity index (χ4n) is 1.61. The molecule has 4 heteroatoms. The summed E-state index contributed by atoms with van der Waals surface area (Å²) < 4.78 is 1.06. The summed E-state index contributed by atoms with van der Waals surface area (Å²) in [5.74, 6) is 0. The first-order valence-electron chi connectivity index (χ1n) is 5.59. The number of thiophene rings is 1. The van der Waals surface area contributed by atoms with Gasteiger partial charge in [0.05, 0.1) is 6.07 Å². The predicted octanol–water partition coefficient (Wildman–Crippen LogP) is 4.80. The molecule has 1 N–H and O–H groups in total. The Kier molecular flexibility index (Phi) is 4.05. The highest BCUT2D eigenvalue weighted by atomic mass is 79.9. The van der Waals surface area contributed by atoms with Gasteiger partial charge in [0, 0.05) is 19.9 Å². The first-order chi connectivity index (χ1) is 8.60. The van der Waals surface area contributed by atoms with E-state index in [2.05, 4.69) is 27.3 Å². The van der Waals surface area contributed by atoms with E-state index in [0.717, 1.165) is 15.0 Å². The number of benzene rings is 1. The van der Waals surface area contributed by atoms with Crippen LogP contribution in [0.4, 0.5) is 5.69 Å². The summed E-state index contributed by atoms with van der Waals surface area (Å²) >= 11 is 5.12. The average Bonchev–Trinajstić information content (AvgIpc) is 2.69. The molecule has 1 aromatic heterocycles. The zero-order chi connectivity index (χ0) is 13.1. The van der Waals surface area contributed by atoms with Crippen LogP contribution in [0.3, 0.4) is 0 Å². The summed E-state index contributed by atoms with van der Waals surface area (Å²) in [5, 5.41) is 12.5. The molecule has 0 bridgehead atoms. The van der Waals surface area contributed by atoms with Gasteiger partial charge < -0.3 is 5.32 Å². The quantitative estimate of drug-likeness (QED) is 0.881. The average molecular weight is 321 g/mol. The number of nitrogens with one attached hydrogen (secondary N) is 1. The SMILES string of the molecule is Cc1ccc(NC(C#N)c2cc(Br)c(C)s2)cc1. The molecule has 1 atom stereocenters. The molecule has 2 rings (SSSR count). The second-order valence-corrected chi connectivity index (χ2v) is 6.27. The van der Waals surface area contributed by atoms with Crippen LogP contribution in [0.1, 0.15) is 21.4 Å². The van der Waals surface area contributed by atoms with E-state index in [9.17, 15) is 5.26 Å². The molecule has 0 radical (unpaired) electrons.